The number of imide groups is 1. The van der Waals surface area contributed by atoms with Gasteiger partial charge in [0.05, 0.1) is 16.0 Å². The number of hydrogen-bond donors (Lipinski definition) is 0. The minimum atomic E-state index is -5.08. The van der Waals surface area contributed by atoms with E-state index >= 15 is 0 Å². The second-order valence-corrected chi connectivity index (χ2v) is 15.8. The van der Waals surface area contributed by atoms with Gasteiger partial charge in [0.2, 0.25) is 0 Å². The van der Waals surface area contributed by atoms with E-state index in [1.54, 1.807) is 0 Å². The number of sulfone groups is 1. The highest BCUT2D eigenvalue weighted by Gasteiger charge is 2.52. The van der Waals surface area contributed by atoms with Crippen LogP contribution in [0.4, 0.5) is 32.4 Å². The van der Waals surface area contributed by atoms with E-state index in [1.165, 1.54) is 65.0 Å². The summed E-state index contributed by atoms with van der Waals surface area (Å²) in [6.07, 6.45) is -5.49. The van der Waals surface area contributed by atoms with Gasteiger partial charge in [-0.2, -0.15) is 13.2 Å². The molecule has 0 N–H and O–H groups in total. The Hall–Kier alpha value is -4.46. The Bertz CT molecular complexity index is 1900. The average Bonchev–Trinajstić information content (AvgIpc) is 3.12. The van der Waals surface area contributed by atoms with Gasteiger partial charge >= 0.3 is 12.2 Å². The molecule has 256 valence electrons. The first kappa shape index (κ1) is 36.4. The Balaban J connectivity index is 1.52. The van der Waals surface area contributed by atoms with Crippen molar-refractivity contribution in [2.24, 2.45) is 0 Å². The summed E-state index contributed by atoms with van der Waals surface area (Å²) in [5, 5.41) is 0. The summed E-state index contributed by atoms with van der Waals surface area (Å²) in [6.45, 7) is 6.94. The van der Waals surface area contributed by atoms with Gasteiger partial charge in [-0.25, -0.2) is 26.9 Å². The highest BCUT2D eigenvalue weighted by molar-refractivity contribution is 7.93. The van der Waals surface area contributed by atoms with Crippen molar-refractivity contribution in [1.82, 2.24) is 4.90 Å². The van der Waals surface area contributed by atoms with E-state index in [9.17, 15) is 49.5 Å². The predicted molar refractivity (Wildman–Crippen MR) is 167 cm³/mol. The van der Waals surface area contributed by atoms with E-state index in [0.717, 1.165) is 23.1 Å². The molecule has 14 heteroatoms. The van der Waals surface area contributed by atoms with Crippen LogP contribution >= 0.6 is 0 Å². The number of halogens is 5. The molecule has 0 spiro atoms. The number of alkyl halides is 3. The number of ketones is 2. The van der Waals surface area contributed by atoms with Crippen LogP contribution in [0.1, 0.15) is 67.2 Å². The zero-order chi connectivity index (χ0) is 36.0. The molecule has 1 aliphatic heterocycles. The van der Waals surface area contributed by atoms with Gasteiger partial charge in [-0.15, -0.1) is 0 Å². The molecular weight excluding hydrogens is 659 g/mol. The van der Waals surface area contributed by atoms with Crippen LogP contribution in [0, 0.1) is 11.6 Å². The topological polar surface area (TPSA) is 109 Å². The van der Waals surface area contributed by atoms with Crippen LogP contribution in [0.3, 0.4) is 0 Å². The summed E-state index contributed by atoms with van der Waals surface area (Å²) in [6, 6.07) is 10.2. The molecule has 0 unspecified atom stereocenters. The Morgan fingerprint density at radius 2 is 1.46 bits per heavy atom. The smallest absolute Gasteiger partial charge is 0.305 e. The van der Waals surface area contributed by atoms with Gasteiger partial charge in [-0.3, -0.25) is 14.4 Å². The molecule has 0 radical (unpaired) electrons. The first-order valence-electron chi connectivity index (χ1n) is 14.7. The Morgan fingerprint density at radius 3 is 2.04 bits per heavy atom. The highest BCUT2D eigenvalue weighted by atomic mass is 32.2. The van der Waals surface area contributed by atoms with Crippen molar-refractivity contribution in [2.75, 3.05) is 10.7 Å². The Kier molecular flexibility index (Phi) is 9.75. The van der Waals surface area contributed by atoms with Crippen LogP contribution in [0.25, 0.3) is 0 Å². The third-order valence-electron chi connectivity index (χ3n) is 8.15. The monoisotopic (exact) mass is 692 g/mol. The number of benzene rings is 3. The number of carbonyl (C=O) groups is 4. The summed E-state index contributed by atoms with van der Waals surface area (Å²) >= 11 is 0. The van der Waals surface area contributed by atoms with Crippen LogP contribution in [0.5, 0.6) is 0 Å². The molecular formula is C34H33F5N2O6S. The number of nitrogens with zero attached hydrogens (tertiary/aromatic N) is 2. The van der Waals surface area contributed by atoms with E-state index in [1.807, 2.05) is 0 Å². The van der Waals surface area contributed by atoms with Crippen LogP contribution < -0.4 is 4.90 Å². The summed E-state index contributed by atoms with van der Waals surface area (Å²) < 4.78 is 92.0. The molecule has 0 atom stereocenters. The molecule has 0 aliphatic carbocycles. The van der Waals surface area contributed by atoms with E-state index in [4.69, 9.17) is 0 Å². The lowest BCUT2D eigenvalue weighted by atomic mass is 9.96. The highest BCUT2D eigenvalue weighted by Crippen LogP contribution is 2.38. The van der Waals surface area contributed by atoms with E-state index in [0.29, 0.717) is 28.2 Å². The van der Waals surface area contributed by atoms with Crippen molar-refractivity contribution in [3.05, 3.63) is 100 Å². The zero-order valence-corrected chi connectivity index (χ0v) is 27.6. The number of rotatable bonds is 10. The van der Waals surface area contributed by atoms with Gasteiger partial charge in [-0.05, 0) is 81.6 Å². The Labute approximate surface area is 274 Å². The molecule has 0 bridgehead atoms. The lowest BCUT2D eigenvalue weighted by Gasteiger charge is -2.28. The van der Waals surface area contributed by atoms with Crippen molar-refractivity contribution >= 4 is 39.0 Å². The number of amides is 3. The van der Waals surface area contributed by atoms with Gasteiger partial charge in [0.25, 0.3) is 5.91 Å². The molecule has 3 amide bonds. The molecule has 1 aliphatic rings. The number of Topliss-reactive ketones (excluding diaryl/α,β-unsaturated/α-hetero) is 2. The molecule has 1 heterocycles. The number of urea groups is 1. The fourth-order valence-electron chi connectivity index (χ4n) is 5.07. The third kappa shape index (κ3) is 7.48. The van der Waals surface area contributed by atoms with Crippen LogP contribution in [0.15, 0.2) is 60.7 Å². The summed E-state index contributed by atoms with van der Waals surface area (Å²) in [7, 11) is -3.70. The first-order chi connectivity index (χ1) is 22.0. The summed E-state index contributed by atoms with van der Waals surface area (Å²) in [5.41, 5.74) is -2.54. The molecule has 0 saturated carbocycles. The standard InChI is InChI=1S/C34H33F5N2O6S/c1-32(2,3)48(46,47)19-29(43)21-8-6-20(7-9-21)14-26(42)16-23-15-24(35)11-10-22(23)18-40-31(45)41(30(44)33(40,4)5)25-12-13-28(36)27(17-25)34(37,38)39/h6-13,15,17H,14,16,18-19H2,1-5H3. The van der Waals surface area contributed by atoms with Gasteiger partial charge in [0.1, 0.15) is 28.7 Å². The van der Waals surface area contributed by atoms with E-state index in [2.05, 4.69) is 0 Å². The number of carbonyl (C=O) groups excluding carboxylic acids is 4. The minimum absolute atomic E-state index is 0.128. The molecule has 0 aromatic heterocycles. The number of hydrogen-bond acceptors (Lipinski definition) is 6. The molecule has 8 nitrogen and oxygen atoms in total. The van der Waals surface area contributed by atoms with Crippen LogP contribution in [-0.4, -0.2) is 52.9 Å². The molecule has 1 fully saturated rings. The van der Waals surface area contributed by atoms with E-state index in [-0.39, 0.29) is 36.3 Å². The van der Waals surface area contributed by atoms with Crippen LogP contribution in [0.2, 0.25) is 0 Å². The van der Waals surface area contributed by atoms with Gasteiger partial charge in [-0.1, -0.05) is 30.3 Å². The quantitative estimate of drug-likeness (QED) is 0.137. The maximum absolute atomic E-state index is 14.3. The van der Waals surface area contributed by atoms with Crippen molar-refractivity contribution in [2.45, 2.75) is 70.5 Å². The van der Waals surface area contributed by atoms with E-state index < -0.39 is 72.7 Å². The van der Waals surface area contributed by atoms with Crippen molar-refractivity contribution in [1.29, 1.82) is 0 Å². The molecule has 1 saturated heterocycles. The normalized spacial score (nSPS) is 15.3. The molecule has 3 aromatic rings. The second-order valence-electron chi connectivity index (χ2n) is 13.0. The molecule has 4 rings (SSSR count). The van der Waals surface area contributed by atoms with Gasteiger partial charge in [0.15, 0.2) is 15.6 Å². The van der Waals surface area contributed by atoms with Crippen LogP contribution in [-0.2, 0) is 45.0 Å². The summed E-state index contributed by atoms with van der Waals surface area (Å²) in [5.74, 6) is -4.75. The maximum atomic E-state index is 14.3. The first-order valence-corrected chi connectivity index (χ1v) is 16.3. The predicted octanol–water partition coefficient (Wildman–Crippen LogP) is 6.48. The SMILES string of the molecule is CC1(C)C(=O)N(c2ccc(F)c(C(F)(F)F)c2)C(=O)N1Cc1ccc(F)cc1CC(=O)Cc1ccc(C(=O)CS(=O)(=O)C(C)(C)C)cc1. The number of anilines is 1. The zero-order valence-electron chi connectivity index (χ0n) is 26.7. The lowest BCUT2D eigenvalue weighted by Crippen LogP contribution is -2.43. The Morgan fingerprint density at radius 1 is 0.833 bits per heavy atom. The van der Waals surface area contributed by atoms with Gasteiger partial charge in [0, 0.05) is 24.9 Å². The fraction of sp³-hybridized carbons (Fsp3) is 0.353. The summed E-state index contributed by atoms with van der Waals surface area (Å²) in [4.78, 5) is 54.0. The second kappa shape index (κ2) is 12.9. The van der Waals surface area contributed by atoms with Crippen molar-refractivity contribution in [3.8, 4) is 0 Å². The lowest BCUT2D eigenvalue weighted by molar-refractivity contribution is -0.140. The van der Waals surface area contributed by atoms with Gasteiger partial charge < -0.3 is 4.90 Å². The largest absolute Gasteiger partial charge is 0.419 e. The third-order valence-corrected chi connectivity index (χ3v) is 10.7. The molecule has 48 heavy (non-hydrogen) atoms. The molecule has 3 aromatic carbocycles. The fourth-order valence-corrected chi connectivity index (χ4v) is 6.01. The minimum Gasteiger partial charge on any atom is -0.305 e. The van der Waals surface area contributed by atoms with Crippen molar-refractivity contribution in [3.63, 3.8) is 0 Å². The maximum Gasteiger partial charge on any atom is 0.419 e. The average molecular weight is 693 g/mol. The van der Waals surface area contributed by atoms with Crippen molar-refractivity contribution < 1.29 is 49.5 Å².